The predicted molar refractivity (Wildman–Crippen MR) is 89.9 cm³/mol. The van der Waals surface area contributed by atoms with Crippen molar-refractivity contribution in [1.82, 2.24) is 4.67 Å². The molecule has 0 amide bonds. The molecule has 1 N–H and O–H groups in total. The van der Waals surface area contributed by atoms with Gasteiger partial charge in [0.25, 0.3) is 7.52 Å². The lowest BCUT2D eigenvalue weighted by atomic mass is 10.0. The number of hydrogen-bond acceptors (Lipinski definition) is 3. The molecule has 1 unspecified atom stereocenters. The third kappa shape index (κ3) is 3.63. The summed E-state index contributed by atoms with van der Waals surface area (Å²) in [7, 11) is -3.07. The van der Waals surface area contributed by atoms with Gasteiger partial charge in [0.15, 0.2) is 0 Å². The van der Waals surface area contributed by atoms with Crippen LogP contribution in [0.5, 0.6) is 0 Å². The van der Waals surface area contributed by atoms with Crippen LogP contribution in [0.15, 0.2) is 42.5 Å². The Morgan fingerprint density at radius 2 is 2.00 bits per heavy atom. The summed E-state index contributed by atoms with van der Waals surface area (Å²) in [6.45, 7) is 0.717. The second-order valence-corrected chi connectivity index (χ2v) is 8.26. The molecule has 1 atom stereocenters. The first-order valence-corrected chi connectivity index (χ1v) is 9.52. The van der Waals surface area contributed by atoms with E-state index in [1.165, 1.54) is 4.67 Å². The molecule has 0 bridgehead atoms. The molecule has 5 nitrogen and oxygen atoms in total. The quantitative estimate of drug-likeness (QED) is 0.850. The van der Waals surface area contributed by atoms with Crippen molar-refractivity contribution >= 4 is 24.3 Å². The summed E-state index contributed by atoms with van der Waals surface area (Å²) >= 11 is 0. The van der Waals surface area contributed by atoms with Gasteiger partial charge in [-0.25, -0.2) is 4.67 Å². The molecule has 0 radical (unpaired) electrons. The minimum Gasteiger partial charge on any atom is -0.480 e. The van der Waals surface area contributed by atoms with Crippen molar-refractivity contribution in [3.63, 3.8) is 0 Å². The van der Waals surface area contributed by atoms with Crippen LogP contribution in [0.3, 0.4) is 0 Å². The van der Waals surface area contributed by atoms with Crippen molar-refractivity contribution in [3.8, 4) is 0 Å². The van der Waals surface area contributed by atoms with Gasteiger partial charge in [0.2, 0.25) is 0 Å². The maximum absolute atomic E-state index is 13.0. The number of nitrogens with zero attached hydrogens (tertiary/aromatic N) is 1. The molecular weight excluding hydrogens is 313 g/mol. The van der Waals surface area contributed by atoms with E-state index in [1.807, 2.05) is 24.3 Å². The van der Waals surface area contributed by atoms with E-state index in [0.29, 0.717) is 32.2 Å². The Morgan fingerprint density at radius 3 is 2.83 bits per heavy atom. The number of benzene rings is 2. The zero-order valence-electron chi connectivity index (χ0n) is 12.9. The fourth-order valence-electron chi connectivity index (χ4n) is 3.01. The number of carbonyl (C=O) groups is 1. The van der Waals surface area contributed by atoms with E-state index < -0.39 is 13.5 Å². The Labute approximate surface area is 135 Å². The molecule has 122 valence electrons. The van der Waals surface area contributed by atoms with E-state index in [4.69, 9.17) is 9.63 Å². The van der Waals surface area contributed by atoms with Crippen LogP contribution < -0.4 is 0 Å². The van der Waals surface area contributed by atoms with Gasteiger partial charge in [0.05, 0.1) is 6.61 Å². The van der Waals surface area contributed by atoms with E-state index in [-0.39, 0.29) is 6.54 Å². The Morgan fingerprint density at radius 1 is 1.22 bits per heavy atom. The number of rotatable bonds is 5. The van der Waals surface area contributed by atoms with Gasteiger partial charge in [-0.05, 0) is 29.2 Å². The first-order valence-electron chi connectivity index (χ1n) is 7.76. The lowest BCUT2D eigenvalue weighted by Gasteiger charge is -2.34. The van der Waals surface area contributed by atoms with Crippen molar-refractivity contribution in [1.29, 1.82) is 0 Å². The highest BCUT2D eigenvalue weighted by molar-refractivity contribution is 7.56. The smallest absolute Gasteiger partial charge is 0.318 e. The molecule has 1 aliphatic rings. The Balaban J connectivity index is 1.79. The first kappa shape index (κ1) is 16.2. The van der Waals surface area contributed by atoms with Gasteiger partial charge < -0.3 is 9.63 Å². The number of aliphatic carboxylic acids is 1. The highest BCUT2D eigenvalue weighted by Gasteiger charge is 2.35. The van der Waals surface area contributed by atoms with E-state index >= 15 is 0 Å². The van der Waals surface area contributed by atoms with Gasteiger partial charge in [0, 0.05) is 12.7 Å². The predicted octanol–water partition coefficient (Wildman–Crippen LogP) is 3.38. The number of carboxylic acid groups (broad SMARTS) is 1. The van der Waals surface area contributed by atoms with E-state index in [2.05, 4.69) is 18.2 Å². The van der Waals surface area contributed by atoms with Crippen LogP contribution in [0.4, 0.5) is 0 Å². The van der Waals surface area contributed by atoms with Crippen LogP contribution in [0.2, 0.25) is 0 Å². The molecule has 1 fully saturated rings. The molecule has 0 saturated carbocycles. The molecule has 1 heterocycles. The summed E-state index contributed by atoms with van der Waals surface area (Å²) in [5.41, 5.74) is 1.11. The van der Waals surface area contributed by atoms with Crippen LogP contribution in [-0.4, -0.2) is 41.6 Å². The van der Waals surface area contributed by atoms with Crippen molar-refractivity contribution < 1.29 is 19.0 Å². The molecular formula is C17H20NO4P. The number of aryl methyl sites for hydroxylation is 1. The van der Waals surface area contributed by atoms with Crippen molar-refractivity contribution in [2.45, 2.75) is 12.8 Å². The molecule has 2 aromatic carbocycles. The highest BCUT2D eigenvalue weighted by Crippen LogP contribution is 2.53. The van der Waals surface area contributed by atoms with E-state index in [0.717, 1.165) is 16.3 Å². The minimum absolute atomic E-state index is 0.229. The Kier molecular flexibility index (Phi) is 4.81. The average Bonchev–Trinajstić information content (AvgIpc) is 2.55. The molecule has 0 aromatic heterocycles. The van der Waals surface area contributed by atoms with Gasteiger partial charge in [-0.15, -0.1) is 0 Å². The fourth-order valence-corrected chi connectivity index (χ4v) is 5.31. The van der Waals surface area contributed by atoms with Gasteiger partial charge in [0.1, 0.15) is 6.54 Å². The molecule has 2 aromatic rings. The monoisotopic (exact) mass is 333 g/mol. The standard InChI is InChI=1S/C17H20NO4P/c19-17(20)13-18-10-4-11-22-23(18,21)12-9-15-7-3-6-14-5-1-2-8-16(14)15/h1-3,5-8H,4,9-13H2,(H,19,20). The van der Waals surface area contributed by atoms with E-state index in [9.17, 15) is 9.36 Å². The number of carboxylic acids is 1. The maximum Gasteiger partial charge on any atom is 0.318 e. The van der Waals surface area contributed by atoms with Crippen molar-refractivity contribution in [2.75, 3.05) is 25.9 Å². The highest BCUT2D eigenvalue weighted by atomic mass is 31.2. The summed E-state index contributed by atoms with van der Waals surface area (Å²) < 4.78 is 20.1. The number of fused-ring (bicyclic) bond motifs is 1. The van der Waals surface area contributed by atoms with Gasteiger partial charge in [-0.2, -0.15) is 0 Å². The van der Waals surface area contributed by atoms with E-state index in [1.54, 1.807) is 0 Å². The van der Waals surface area contributed by atoms with Gasteiger partial charge in [-0.1, -0.05) is 42.5 Å². The van der Waals surface area contributed by atoms with Crippen molar-refractivity contribution in [3.05, 3.63) is 48.0 Å². The summed E-state index contributed by atoms with van der Waals surface area (Å²) in [6.07, 6.45) is 1.66. The summed E-state index contributed by atoms with van der Waals surface area (Å²) in [4.78, 5) is 11.0. The second-order valence-electron chi connectivity index (χ2n) is 5.72. The van der Waals surface area contributed by atoms with Crippen LogP contribution in [0, 0.1) is 0 Å². The number of hydrogen-bond donors (Lipinski definition) is 1. The topological polar surface area (TPSA) is 66.8 Å². The van der Waals surface area contributed by atoms with Gasteiger partial charge >= 0.3 is 5.97 Å². The third-order valence-corrected chi connectivity index (χ3v) is 6.72. The molecule has 23 heavy (non-hydrogen) atoms. The molecule has 1 aliphatic heterocycles. The zero-order valence-corrected chi connectivity index (χ0v) is 13.7. The lowest BCUT2D eigenvalue weighted by molar-refractivity contribution is -0.137. The van der Waals surface area contributed by atoms with Crippen molar-refractivity contribution in [2.24, 2.45) is 0 Å². The third-order valence-electron chi connectivity index (χ3n) is 4.15. The largest absolute Gasteiger partial charge is 0.480 e. The SMILES string of the molecule is O=C(O)CN1CCCOP1(=O)CCc1cccc2ccccc12. The second kappa shape index (κ2) is 6.83. The molecule has 0 aliphatic carbocycles. The Bertz CT molecular complexity index is 756. The van der Waals surface area contributed by atoms with Crippen LogP contribution in [0.1, 0.15) is 12.0 Å². The molecule has 6 heteroatoms. The molecule has 0 spiro atoms. The lowest BCUT2D eigenvalue weighted by Crippen LogP contribution is -2.34. The molecule has 1 saturated heterocycles. The molecule has 3 rings (SSSR count). The summed E-state index contributed by atoms with van der Waals surface area (Å²) in [5, 5.41) is 11.3. The van der Waals surface area contributed by atoms with Crippen LogP contribution in [0.25, 0.3) is 10.8 Å². The normalized spacial score (nSPS) is 22.3. The fraction of sp³-hybridized carbons (Fsp3) is 0.353. The summed E-state index contributed by atoms with van der Waals surface area (Å²) in [6, 6.07) is 14.2. The first-order chi connectivity index (χ1) is 11.1. The minimum atomic E-state index is -3.07. The Hall–Kier alpha value is -1.68. The van der Waals surface area contributed by atoms with Gasteiger partial charge in [-0.3, -0.25) is 9.36 Å². The average molecular weight is 333 g/mol. The van der Waals surface area contributed by atoms with Crippen LogP contribution in [-0.2, 0) is 20.3 Å². The van der Waals surface area contributed by atoms with Crippen LogP contribution >= 0.6 is 7.52 Å². The summed E-state index contributed by atoms with van der Waals surface area (Å²) in [5.74, 6) is -0.971. The maximum atomic E-state index is 13.0. The zero-order chi connectivity index (χ0) is 16.3.